The molecule has 3 rings (SSSR count). The van der Waals surface area contributed by atoms with Crippen LogP contribution < -0.4 is 4.90 Å². The zero-order valence-corrected chi connectivity index (χ0v) is 13.9. The maximum absolute atomic E-state index is 12.8. The van der Waals surface area contributed by atoms with Crippen LogP contribution in [0.3, 0.4) is 0 Å². The molecule has 0 bridgehead atoms. The third-order valence-electron chi connectivity index (χ3n) is 4.12. The SMILES string of the molecule is O=C1C2CCCCN2C(=O)CCN1c1ccc(Cl)cc1Br. The van der Waals surface area contributed by atoms with Gasteiger partial charge in [-0.15, -0.1) is 0 Å². The van der Waals surface area contributed by atoms with E-state index in [1.165, 1.54) is 0 Å². The van der Waals surface area contributed by atoms with Crippen LogP contribution in [-0.2, 0) is 9.59 Å². The van der Waals surface area contributed by atoms with Crippen molar-refractivity contribution in [2.24, 2.45) is 0 Å². The summed E-state index contributed by atoms with van der Waals surface area (Å²) >= 11 is 9.42. The molecule has 2 aliphatic heterocycles. The van der Waals surface area contributed by atoms with Gasteiger partial charge in [-0.25, -0.2) is 0 Å². The topological polar surface area (TPSA) is 40.6 Å². The van der Waals surface area contributed by atoms with Gasteiger partial charge in [0, 0.05) is 29.0 Å². The van der Waals surface area contributed by atoms with E-state index in [2.05, 4.69) is 15.9 Å². The number of rotatable bonds is 1. The molecule has 4 nitrogen and oxygen atoms in total. The number of halogens is 2. The maximum Gasteiger partial charge on any atom is 0.249 e. The number of anilines is 1. The number of hydrogen-bond acceptors (Lipinski definition) is 2. The number of carbonyl (C=O) groups excluding carboxylic acids is 2. The maximum atomic E-state index is 12.8. The fourth-order valence-electron chi connectivity index (χ4n) is 3.07. The van der Waals surface area contributed by atoms with Crippen LogP contribution in [0.15, 0.2) is 22.7 Å². The molecule has 1 aromatic rings. The van der Waals surface area contributed by atoms with Crippen molar-refractivity contribution in [1.29, 1.82) is 0 Å². The van der Waals surface area contributed by atoms with Crippen molar-refractivity contribution in [3.05, 3.63) is 27.7 Å². The number of hydrogen-bond donors (Lipinski definition) is 0. The second-order valence-electron chi connectivity index (χ2n) is 5.43. The summed E-state index contributed by atoms with van der Waals surface area (Å²) in [5, 5.41) is 0.614. The molecule has 0 N–H and O–H groups in total. The Labute approximate surface area is 137 Å². The van der Waals surface area contributed by atoms with Gasteiger partial charge in [-0.2, -0.15) is 0 Å². The zero-order chi connectivity index (χ0) is 15.0. The van der Waals surface area contributed by atoms with Crippen molar-refractivity contribution in [2.45, 2.75) is 31.7 Å². The van der Waals surface area contributed by atoms with E-state index in [0.29, 0.717) is 24.5 Å². The molecule has 2 fully saturated rings. The molecule has 2 saturated heterocycles. The van der Waals surface area contributed by atoms with Crippen molar-refractivity contribution < 1.29 is 9.59 Å². The Morgan fingerprint density at radius 1 is 1.19 bits per heavy atom. The zero-order valence-electron chi connectivity index (χ0n) is 11.5. The van der Waals surface area contributed by atoms with Crippen LogP contribution in [0.2, 0.25) is 5.02 Å². The first-order valence-corrected chi connectivity index (χ1v) is 8.31. The van der Waals surface area contributed by atoms with E-state index >= 15 is 0 Å². The van der Waals surface area contributed by atoms with Gasteiger partial charge in [0.05, 0.1) is 5.69 Å². The highest BCUT2D eigenvalue weighted by atomic mass is 79.9. The van der Waals surface area contributed by atoms with Gasteiger partial charge >= 0.3 is 0 Å². The Kier molecular flexibility index (Phi) is 4.22. The van der Waals surface area contributed by atoms with Gasteiger partial charge in [-0.3, -0.25) is 9.59 Å². The van der Waals surface area contributed by atoms with E-state index < -0.39 is 0 Å². The molecule has 0 saturated carbocycles. The first-order valence-electron chi connectivity index (χ1n) is 7.14. The lowest BCUT2D eigenvalue weighted by Gasteiger charge is -2.34. The molecule has 0 aromatic heterocycles. The minimum absolute atomic E-state index is 0.0172. The Morgan fingerprint density at radius 2 is 2.00 bits per heavy atom. The van der Waals surface area contributed by atoms with Crippen LogP contribution in [0.1, 0.15) is 25.7 Å². The Bertz CT molecular complexity index is 593. The van der Waals surface area contributed by atoms with Crippen molar-refractivity contribution in [3.63, 3.8) is 0 Å². The van der Waals surface area contributed by atoms with Crippen LogP contribution in [0.4, 0.5) is 5.69 Å². The summed E-state index contributed by atoms with van der Waals surface area (Å²) in [4.78, 5) is 28.5. The predicted octanol–water partition coefficient (Wildman–Crippen LogP) is 3.22. The highest BCUT2D eigenvalue weighted by molar-refractivity contribution is 9.10. The third kappa shape index (κ3) is 2.81. The number of piperidine rings is 1. The number of fused-ring (bicyclic) bond motifs is 1. The first kappa shape index (κ1) is 14.9. The molecule has 6 heteroatoms. The fraction of sp³-hybridized carbons (Fsp3) is 0.467. The predicted molar refractivity (Wildman–Crippen MR) is 85.5 cm³/mol. The standard InChI is InChI=1S/C15H16BrClN2O2/c16-11-9-10(17)4-5-12(11)19-8-6-14(20)18-7-2-1-3-13(18)15(19)21/h4-5,9,13H,1-3,6-8H2. The molecule has 1 aromatic carbocycles. The Balaban J connectivity index is 1.95. The highest BCUT2D eigenvalue weighted by Gasteiger charge is 2.38. The Hall–Kier alpha value is -1.07. The van der Waals surface area contributed by atoms with Gasteiger partial charge in [-0.05, 0) is 53.4 Å². The van der Waals surface area contributed by atoms with Gasteiger partial charge in [0.1, 0.15) is 6.04 Å². The lowest BCUT2D eigenvalue weighted by atomic mass is 10.0. The largest absolute Gasteiger partial charge is 0.331 e. The summed E-state index contributed by atoms with van der Waals surface area (Å²) in [6.45, 7) is 1.12. The fourth-order valence-corrected chi connectivity index (χ4v) is 3.96. The molecular weight excluding hydrogens is 356 g/mol. The van der Waals surface area contributed by atoms with E-state index in [4.69, 9.17) is 11.6 Å². The van der Waals surface area contributed by atoms with Gasteiger partial charge in [-0.1, -0.05) is 11.6 Å². The molecule has 112 valence electrons. The molecule has 2 heterocycles. The smallest absolute Gasteiger partial charge is 0.249 e. The summed E-state index contributed by atoms with van der Waals surface area (Å²) in [5.41, 5.74) is 0.782. The van der Waals surface area contributed by atoms with E-state index in [1.807, 2.05) is 6.07 Å². The molecule has 21 heavy (non-hydrogen) atoms. The summed E-state index contributed by atoms with van der Waals surface area (Å²) in [6, 6.07) is 5.06. The summed E-state index contributed by atoms with van der Waals surface area (Å²) in [5.74, 6) is 0.101. The van der Waals surface area contributed by atoms with Crippen LogP contribution >= 0.6 is 27.5 Å². The van der Waals surface area contributed by atoms with Crippen molar-refractivity contribution in [3.8, 4) is 0 Å². The van der Waals surface area contributed by atoms with Gasteiger partial charge in [0.2, 0.25) is 11.8 Å². The van der Waals surface area contributed by atoms with Crippen molar-refractivity contribution in [2.75, 3.05) is 18.0 Å². The molecule has 0 aliphatic carbocycles. The van der Waals surface area contributed by atoms with Crippen LogP contribution in [-0.4, -0.2) is 35.8 Å². The average Bonchev–Trinajstić information content (AvgIpc) is 2.59. The number of benzene rings is 1. The summed E-state index contributed by atoms with van der Waals surface area (Å²) in [7, 11) is 0. The molecule has 1 unspecified atom stereocenters. The lowest BCUT2D eigenvalue weighted by Crippen LogP contribution is -2.49. The van der Waals surface area contributed by atoms with Crippen LogP contribution in [0.5, 0.6) is 0 Å². The molecule has 2 aliphatic rings. The van der Waals surface area contributed by atoms with Crippen LogP contribution in [0.25, 0.3) is 0 Å². The number of carbonyl (C=O) groups is 2. The van der Waals surface area contributed by atoms with Gasteiger partial charge < -0.3 is 9.80 Å². The van der Waals surface area contributed by atoms with Gasteiger partial charge in [0.25, 0.3) is 0 Å². The van der Waals surface area contributed by atoms with Crippen LogP contribution in [0, 0.1) is 0 Å². The quantitative estimate of drug-likeness (QED) is 0.760. The third-order valence-corrected chi connectivity index (χ3v) is 4.99. The highest BCUT2D eigenvalue weighted by Crippen LogP contribution is 2.32. The van der Waals surface area contributed by atoms with Gasteiger partial charge in [0.15, 0.2) is 0 Å². The van der Waals surface area contributed by atoms with E-state index in [0.717, 1.165) is 29.4 Å². The molecule has 2 amide bonds. The van der Waals surface area contributed by atoms with E-state index in [1.54, 1.807) is 21.9 Å². The molecular formula is C15H16BrClN2O2. The lowest BCUT2D eigenvalue weighted by molar-refractivity contribution is -0.138. The average molecular weight is 372 g/mol. The minimum Gasteiger partial charge on any atom is -0.331 e. The molecule has 0 radical (unpaired) electrons. The monoisotopic (exact) mass is 370 g/mol. The number of nitrogens with zero attached hydrogens (tertiary/aromatic N) is 2. The minimum atomic E-state index is -0.309. The normalized spacial score (nSPS) is 23.0. The first-order chi connectivity index (χ1) is 10.1. The molecule has 1 atom stereocenters. The number of amides is 2. The summed E-state index contributed by atoms with van der Waals surface area (Å²) in [6.07, 6.45) is 3.11. The molecule has 0 spiro atoms. The van der Waals surface area contributed by atoms with E-state index in [9.17, 15) is 9.59 Å². The van der Waals surface area contributed by atoms with Crippen molar-refractivity contribution >= 4 is 45.0 Å². The second-order valence-corrected chi connectivity index (χ2v) is 6.73. The summed E-state index contributed by atoms with van der Waals surface area (Å²) < 4.78 is 0.778. The van der Waals surface area contributed by atoms with E-state index in [-0.39, 0.29) is 17.9 Å². The Morgan fingerprint density at radius 3 is 2.76 bits per heavy atom. The second kappa shape index (κ2) is 5.97. The van der Waals surface area contributed by atoms with Crippen molar-refractivity contribution in [1.82, 2.24) is 4.90 Å².